The molecule has 4 heteroatoms. The van der Waals surface area contributed by atoms with Crippen LogP contribution in [0.2, 0.25) is 0 Å². The van der Waals surface area contributed by atoms with E-state index >= 15 is 0 Å². The van der Waals surface area contributed by atoms with Crippen LogP contribution in [0.15, 0.2) is 48.5 Å². The number of rotatable bonds is 4. The van der Waals surface area contributed by atoms with Gasteiger partial charge >= 0.3 is 0 Å². The summed E-state index contributed by atoms with van der Waals surface area (Å²) in [4.78, 5) is 10.9. The van der Waals surface area contributed by atoms with E-state index < -0.39 is 0 Å². The van der Waals surface area contributed by atoms with E-state index in [-0.39, 0.29) is 16.7 Å². The quantitative estimate of drug-likeness (QED) is 0.676. The second kappa shape index (κ2) is 4.96. The normalized spacial score (nSPS) is 20.4. The van der Waals surface area contributed by atoms with E-state index in [1.54, 1.807) is 19.1 Å². The summed E-state index contributed by atoms with van der Waals surface area (Å²) in [7, 11) is 0. The van der Waals surface area contributed by atoms with Crippen LogP contribution >= 0.6 is 0 Å². The fraction of sp³-hybridized carbons (Fsp3) is 0.250. The topological polar surface area (TPSA) is 55.2 Å². The van der Waals surface area contributed by atoms with Crippen LogP contribution in [-0.2, 0) is 0 Å². The molecule has 0 saturated heterocycles. The highest BCUT2D eigenvalue weighted by molar-refractivity contribution is 5.66. The number of aryl methyl sites for hydroxylation is 1. The van der Waals surface area contributed by atoms with Crippen molar-refractivity contribution in [3.05, 3.63) is 69.8 Å². The number of benzene rings is 2. The largest absolute Gasteiger partial charge is 0.376 e. The third-order valence-electron chi connectivity index (χ3n) is 3.78. The average Bonchev–Trinajstić information content (AvgIpc) is 3.18. The summed E-state index contributed by atoms with van der Waals surface area (Å²) in [5, 5.41) is 14.5. The molecule has 0 radical (unpaired) electrons. The number of nitrogens with one attached hydrogen (secondary N) is 1. The second-order valence-corrected chi connectivity index (χ2v) is 5.23. The van der Waals surface area contributed by atoms with Crippen LogP contribution < -0.4 is 5.32 Å². The molecule has 20 heavy (non-hydrogen) atoms. The Hall–Kier alpha value is -2.36. The minimum absolute atomic E-state index is 0.186. The molecule has 2 atom stereocenters. The number of nitro groups is 1. The van der Waals surface area contributed by atoms with Crippen LogP contribution in [0.3, 0.4) is 0 Å². The highest BCUT2D eigenvalue weighted by Crippen LogP contribution is 2.44. The third kappa shape index (κ3) is 2.37. The maximum atomic E-state index is 11.2. The lowest BCUT2D eigenvalue weighted by molar-refractivity contribution is -0.384. The van der Waals surface area contributed by atoms with Gasteiger partial charge in [0.25, 0.3) is 5.69 Å². The molecule has 1 saturated carbocycles. The Labute approximate surface area is 117 Å². The summed E-state index contributed by atoms with van der Waals surface area (Å²) >= 11 is 0. The van der Waals surface area contributed by atoms with Crippen molar-refractivity contribution in [2.75, 3.05) is 5.32 Å². The maximum absolute atomic E-state index is 11.2. The van der Waals surface area contributed by atoms with E-state index in [1.807, 2.05) is 24.3 Å². The molecule has 0 heterocycles. The van der Waals surface area contributed by atoms with Crippen molar-refractivity contribution < 1.29 is 4.92 Å². The summed E-state index contributed by atoms with van der Waals surface area (Å²) in [6.07, 6.45) is 1.02. The van der Waals surface area contributed by atoms with Gasteiger partial charge in [0.2, 0.25) is 0 Å². The molecule has 2 aromatic carbocycles. The van der Waals surface area contributed by atoms with Gasteiger partial charge in [0.15, 0.2) is 0 Å². The molecule has 1 aliphatic carbocycles. The van der Waals surface area contributed by atoms with Crippen molar-refractivity contribution >= 4 is 11.4 Å². The van der Waals surface area contributed by atoms with Crippen LogP contribution in [-0.4, -0.2) is 11.0 Å². The summed E-state index contributed by atoms with van der Waals surface area (Å²) < 4.78 is 0. The molecule has 1 N–H and O–H groups in total. The number of nitrogens with zero attached hydrogens (tertiary/aromatic N) is 1. The van der Waals surface area contributed by atoms with Crippen LogP contribution in [0.25, 0.3) is 0 Å². The van der Waals surface area contributed by atoms with Gasteiger partial charge in [-0.3, -0.25) is 10.1 Å². The van der Waals surface area contributed by atoms with Gasteiger partial charge in [-0.05, 0) is 25.0 Å². The fourth-order valence-corrected chi connectivity index (χ4v) is 2.64. The molecule has 0 bridgehead atoms. The molecule has 1 fully saturated rings. The lowest BCUT2D eigenvalue weighted by Gasteiger charge is -2.08. The molecular weight excluding hydrogens is 252 g/mol. The maximum Gasteiger partial charge on any atom is 0.295 e. The molecule has 0 aliphatic heterocycles. The van der Waals surface area contributed by atoms with Crippen molar-refractivity contribution in [3.63, 3.8) is 0 Å². The zero-order valence-electron chi connectivity index (χ0n) is 11.2. The van der Waals surface area contributed by atoms with Crippen LogP contribution in [0, 0.1) is 17.0 Å². The molecule has 2 unspecified atom stereocenters. The number of nitro benzene ring substituents is 1. The van der Waals surface area contributed by atoms with Gasteiger partial charge in [-0.25, -0.2) is 0 Å². The first-order valence-corrected chi connectivity index (χ1v) is 6.72. The lowest BCUT2D eigenvalue weighted by atomic mass is 10.1. The van der Waals surface area contributed by atoms with E-state index in [2.05, 4.69) is 17.4 Å². The molecule has 3 rings (SSSR count). The fourth-order valence-electron chi connectivity index (χ4n) is 2.64. The van der Waals surface area contributed by atoms with E-state index in [1.165, 1.54) is 5.56 Å². The summed E-state index contributed by atoms with van der Waals surface area (Å²) in [6, 6.07) is 16.0. The van der Waals surface area contributed by atoms with Crippen LogP contribution in [0.4, 0.5) is 11.4 Å². The molecule has 102 valence electrons. The van der Waals surface area contributed by atoms with Gasteiger partial charge < -0.3 is 5.32 Å². The Balaban J connectivity index is 1.78. The Morgan fingerprint density at radius 2 is 1.90 bits per heavy atom. The Kier molecular flexibility index (Phi) is 3.14. The van der Waals surface area contributed by atoms with E-state index in [0.717, 1.165) is 6.42 Å². The van der Waals surface area contributed by atoms with Gasteiger partial charge in [0.1, 0.15) is 5.69 Å². The van der Waals surface area contributed by atoms with Gasteiger partial charge in [-0.1, -0.05) is 42.5 Å². The Bertz CT molecular complexity index is 640. The van der Waals surface area contributed by atoms with Crippen molar-refractivity contribution in [3.8, 4) is 0 Å². The first-order valence-electron chi connectivity index (χ1n) is 6.72. The second-order valence-electron chi connectivity index (χ2n) is 5.23. The highest BCUT2D eigenvalue weighted by Gasteiger charge is 2.39. The van der Waals surface area contributed by atoms with Gasteiger partial charge in [-0.2, -0.15) is 0 Å². The summed E-state index contributed by atoms with van der Waals surface area (Å²) in [5.74, 6) is 0.455. The predicted molar refractivity (Wildman–Crippen MR) is 79.0 cm³/mol. The molecular formula is C16H16N2O2. The summed E-state index contributed by atoms with van der Waals surface area (Å²) in [5.41, 5.74) is 2.79. The Morgan fingerprint density at radius 3 is 2.60 bits per heavy atom. The molecule has 4 nitrogen and oxygen atoms in total. The zero-order chi connectivity index (χ0) is 14.1. The lowest BCUT2D eigenvalue weighted by Crippen LogP contribution is -2.07. The SMILES string of the molecule is Cc1cccc(NC2CC2c2ccccc2)c1[N+](=O)[O-]. The van der Waals surface area contributed by atoms with Crippen molar-refractivity contribution in [1.82, 2.24) is 0 Å². The van der Waals surface area contributed by atoms with Gasteiger partial charge in [-0.15, -0.1) is 0 Å². The van der Waals surface area contributed by atoms with E-state index in [9.17, 15) is 10.1 Å². The monoisotopic (exact) mass is 268 g/mol. The van der Waals surface area contributed by atoms with Crippen LogP contribution in [0.5, 0.6) is 0 Å². The average molecular weight is 268 g/mol. The predicted octanol–water partition coefficient (Wildman–Crippen LogP) is 3.87. The number of anilines is 1. The summed E-state index contributed by atoms with van der Waals surface area (Å²) in [6.45, 7) is 1.77. The first-order chi connectivity index (χ1) is 9.66. The van der Waals surface area contributed by atoms with Crippen molar-refractivity contribution in [2.45, 2.75) is 25.3 Å². The van der Waals surface area contributed by atoms with Crippen molar-refractivity contribution in [1.29, 1.82) is 0 Å². The van der Waals surface area contributed by atoms with Crippen molar-refractivity contribution in [2.24, 2.45) is 0 Å². The molecule has 1 aliphatic rings. The minimum Gasteiger partial charge on any atom is -0.376 e. The smallest absolute Gasteiger partial charge is 0.295 e. The Morgan fingerprint density at radius 1 is 1.15 bits per heavy atom. The number of hydrogen-bond acceptors (Lipinski definition) is 3. The molecule has 0 aromatic heterocycles. The highest BCUT2D eigenvalue weighted by atomic mass is 16.6. The molecule has 0 amide bonds. The third-order valence-corrected chi connectivity index (χ3v) is 3.78. The molecule has 0 spiro atoms. The van der Waals surface area contributed by atoms with Crippen LogP contribution in [0.1, 0.15) is 23.5 Å². The van der Waals surface area contributed by atoms with Gasteiger partial charge in [0.05, 0.1) is 4.92 Å². The number of hydrogen-bond donors (Lipinski definition) is 1. The van der Waals surface area contributed by atoms with E-state index in [4.69, 9.17) is 0 Å². The first kappa shape index (κ1) is 12.7. The molecule has 2 aromatic rings. The minimum atomic E-state index is -0.308. The van der Waals surface area contributed by atoms with Gasteiger partial charge in [0, 0.05) is 17.5 Å². The standard InChI is InChI=1S/C16H16N2O2/c1-11-6-5-9-14(16(11)18(19)20)17-15-10-13(15)12-7-3-2-4-8-12/h2-9,13,15,17H,10H2,1H3. The number of para-hydroxylation sites is 1. The van der Waals surface area contributed by atoms with E-state index in [0.29, 0.717) is 17.2 Å². The zero-order valence-corrected chi connectivity index (χ0v) is 11.2.